The molecule has 8 heteroatoms. The van der Waals surface area contributed by atoms with Crippen molar-refractivity contribution in [3.05, 3.63) is 42.2 Å². The van der Waals surface area contributed by atoms with E-state index in [1.165, 1.54) is 6.20 Å². The van der Waals surface area contributed by atoms with Crippen LogP contribution in [0.15, 0.2) is 36.7 Å². The van der Waals surface area contributed by atoms with Crippen LogP contribution in [-0.2, 0) is 4.74 Å². The number of aromatic nitrogens is 2. The molecule has 1 aromatic carbocycles. The van der Waals surface area contributed by atoms with Gasteiger partial charge >= 0.3 is 12.1 Å². The molecule has 0 saturated carbocycles. The molecule has 2 heterocycles. The van der Waals surface area contributed by atoms with E-state index >= 15 is 0 Å². The van der Waals surface area contributed by atoms with Crippen LogP contribution in [0, 0.1) is 0 Å². The minimum Gasteiger partial charge on any atom is -0.447 e. The number of carbonyl (C=O) groups is 2. The Bertz CT molecular complexity index is 684. The summed E-state index contributed by atoms with van der Waals surface area (Å²) in [6.45, 7) is 2.85. The zero-order valence-corrected chi connectivity index (χ0v) is 12.6. The first-order valence-corrected chi connectivity index (χ1v) is 7.24. The number of carbonyl (C=O) groups excluding carboxylic acids is 2. The Kier molecular flexibility index (Phi) is 4.13. The SMILES string of the molecule is C[C@@H](NC(=O)Nc1cn[nH]c1)c1ccc(N2CCOC2=O)cc1. The molecule has 120 valence electrons. The van der Waals surface area contributed by atoms with E-state index in [-0.39, 0.29) is 18.2 Å². The van der Waals surface area contributed by atoms with Gasteiger partial charge in [-0.05, 0) is 24.6 Å². The minimum absolute atomic E-state index is 0.179. The van der Waals surface area contributed by atoms with Crippen LogP contribution in [0.5, 0.6) is 0 Å². The minimum atomic E-state index is -0.330. The van der Waals surface area contributed by atoms with Gasteiger partial charge in [0.05, 0.1) is 24.5 Å². The van der Waals surface area contributed by atoms with Crippen molar-refractivity contribution < 1.29 is 14.3 Å². The maximum absolute atomic E-state index is 11.9. The second-order valence-corrected chi connectivity index (χ2v) is 5.16. The molecule has 0 bridgehead atoms. The summed E-state index contributed by atoms with van der Waals surface area (Å²) in [5.41, 5.74) is 2.31. The standard InChI is InChI=1S/C15H17N5O3/c1-10(18-14(21)19-12-8-16-17-9-12)11-2-4-13(5-3-11)20-6-7-23-15(20)22/h2-5,8-10H,6-7H2,1H3,(H,16,17)(H2,18,19,21)/t10-/m1/s1. The van der Waals surface area contributed by atoms with Crippen molar-refractivity contribution >= 4 is 23.5 Å². The molecular formula is C15H17N5O3. The molecule has 8 nitrogen and oxygen atoms in total. The maximum Gasteiger partial charge on any atom is 0.414 e. The lowest BCUT2D eigenvalue weighted by atomic mass is 10.1. The number of hydrogen-bond donors (Lipinski definition) is 3. The molecule has 2 aromatic rings. The maximum atomic E-state index is 11.9. The number of urea groups is 1. The Balaban J connectivity index is 1.60. The second-order valence-electron chi connectivity index (χ2n) is 5.16. The Morgan fingerprint density at radius 3 is 2.78 bits per heavy atom. The fourth-order valence-corrected chi connectivity index (χ4v) is 2.34. The Labute approximate surface area is 132 Å². The number of aromatic amines is 1. The number of ether oxygens (including phenoxy) is 1. The van der Waals surface area contributed by atoms with Crippen LogP contribution in [0.2, 0.25) is 0 Å². The number of hydrogen-bond acceptors (Lipinski definition) is 4. The molecule has 23 heavy (non-hydrogen) atoms. The predicted octanol–water partition coefficient (Wildman–Crippen LogP) is 2.25. The van der Waals surface area contributed by atoms with Crippen LogP contribution in [0.25, 0.3) is 0 Å². The van der Waals surface area contributed by atoms with Crippen molar-refractivity contribution in [1.29, 1.82) is 0 Å². The highest BCUT2D eigenvalue weighted by Crippen LogP contribution is 2.21. The number of nitrogens with zero attached hydrogens (tertiary/aromatic N) is 2. The largest absolute Gasteiger partial charge is 0.447 e. The molecule has 3 rings (SSSR count). The first-order chi connectivity index (χ1) is 11.1. The van der Waals surface area contributed by atoms with Crippen LogP contribution in [0.3, 0.4) is 0 Å². The fourth-order valence-electron chi connectivity index (χ4n) is 2.34. The van der Waals surface area contributed by atoms with E-state index in [4.69, 9.17) is 4.74 Å². The highest BCUT2D eigenvalue weighted by Gasteiger charge is 2.23. The molecular weight excluding hydrogens is 298 g/mol. The predicted molar refractivity (Wildman–Crippen MR) is 84.3 cm³/mol. The summed E-state index contributed by atoms with van der Waals surface area (Å²) in [5, 5.41) is 11.9. The summed E-state index contributed by atoms with van der Waals surface area (Å²) < 4.78 is 4.91. The van der Waals surface area contributed by atoms with Crippen molar-refractivity contribution in [3.8, 4) is 0 Å². The highest BCUT2D eigenvalue weighted by molar-refractivity contribution is 5.90. The van der Waals surface area contributed by atoms with Crippen molar-refractivity contribution in [1.82, 2.24) is 15.5 Å². The number of H-pyrrole nitrogens is 1. The third-order valence-electron chi connectivity index (χ3n) is 3.57. The van der Waals surface area contributed by atoms with E-state index in [1.807, 2.05) is 31.2 Å². The van der Waals surface area contributed by atoms with Crippen molar-refractivity contribution in [3.63, 3.8) is 0 Å². The average molecular weight is 315 g/mol. The molecule has 0 aliphatic carbocycles. The lowest BCUT2D eigenvalue weighted by molar-refractivity contribution is 0.181. The van der Waals surface area contributed by atoms with Gasteiger partial charge in [0, 0.05) is 11.9 Å². The second kappa shape index (κ2) is 6.39. The first kappa shape index (κ1) is 14.9. The molecule has 1 atom stereocenters. The van der Waals surface area contributed by atoms with E-state index in [9.17, 15) is 9.59 Å². The normalized spacial score (nSPS) is 15.2. The average Bonchev–Trinajstić information content (AvgIpc) is 3.19. The van der Waals surface area contributed by atoms with E-state index in [2.05, 4.69) is 20.8 Å². The molecule has 1 aliphatic heterocycles. The fraction of sp³-hybridized carbons (Fsp3) is 0.267. The Morgan fingerprint density at radius 1 is 1.39 bits per heavy atom. The van der Waals surface area contributed by atoms with Crippen LogP contribution in [0.1, 0.15) is 18.5 Å². The van der Waals surface area contributed by atoms with Gasteiger partial charge in [0.15, 0.2) is 0 Å². The quantitative estimate of drug-likeness (QED) is 0.805. The summed E-state index contributed by atoms with van der Waals surface area (Å²) in [4.78, 5) is 25.0. The van der Waals surface area contributed by atoms with Gasteiger partial charge in [-0.3, -0.25) is 10.00 Å². The summed E-state index contributed by atoms with van der Waals surface area (Å²) in [6, 6.07) is 6.95. The molecule has 1 fully saturated rings. The van der Waals surface area contributed by atoms with Gasteiger partial charge in [0.2, 0.25) is 0 Å². The summed E-state index contributed by atoms with van der Waals surface area (Å²) >= 11 is 0. The lowest BCUT2D eigenvalue weighted by Gasteiger charge is -2.17. The number of cyclic esters (lactones) is 1. The summed E-state index contributed by atoms with van der Waals surface area (Å²) in [7, 11) is 0. The van der Waals surface area contributed by atoms with Gasteiger partial charge in [0.1, 0.15) is 6.61 Å². The number of anilines is 2. The Morgan fingerprint density at radius 2 is 2.17 bits per heavy atom. The van der Waals surface area contributed by atoms with Crippen LogP contribution in [-0.4, -0.2) is 35.5 Å². The lowest BCUT2D eigenvalue weighted by Crippen LogP contribution is -2.31. The topological polar surface area (TPSA) is 99.3 Å². The van der Waals surface area contributed by atoms with Gasteiger partial charge < -0.3 is 15.4 Å². The van der Waals surface area contributed by atoms with Gasteiger partial charge in [0.25, 0.3) is 0 Å². The molecule has 0 radical (unpaired) electrons. The van der Waals surface area contributed by atoms with Gasteiger partial charge in [-0.15, -0.1) is 0 Å². The van der Waals surface area contributed by atoms with Crippen molar-refractivity contribution in [2.45, 2.75) is 13.0 Å². The molecule has 0 spiro atoms. The third-order valence-corrected chi connectivity index (χ3v) is 3.57. The molecule has 3 N–H and O–H groups in total. The first-order valence-electron chi connectivity index (χ1n) is 7.24. The Hall–Kier alpha value is -3.03. The van der Waals surface area contributed by atoms with Crippen LogP contribution in [0.4, 0.5) is 21.0 Å². The van der Waals surface area contributed by atoms with Gasteiger partial charge in [-0.2, -0.15) is 5.10 Å². The number of nitrogens with one attached hydrogen (secondary N) is 3. The third kappa shape index (κ3) is 3.42. The van der Waals surface area contributed by atoms with Crippen LogP contribution < -0.4 is 15.5 Å². The van der Waals surface area contributed by atoms with E-state index in [0.717, 1.165) is 11.3 Å². The molecule has 1 saturated heterocycles. The zero-order chi connectivity index (χ0) is 16.2. The smallest absolute Gasteiger partial charge is 0.414 e. The molecule has 0 unspecified atom stereocenters. The summed E-state index contributed by atoms with van der Waals surface area (Å²) in [5.74, 6) is 0. The number of benzene rings is 1. The highest BCUT2D eigenvalue weighted by atomic mass is 16.6. The van der Waals surface area contributed by atoms with Crippen molar-refractivity contribution in [2.75, 3.05) is 23.4 Å². The molecule has 3 amide bonds. The van der Waals surface area contributed by atoms with E-state index in [1.54, 1.807) is 11.1 Å². The van der Waals surface area contributed by atoms with Crippen molar-refractivity contribution in [2.24, 2.45) is 0 Å². The van der Waals surface area contributed by atoms with E-state index in [0.29, 0.717) is 18.8 Å². The van der Waals surface area contributed by atoms with Crippen LogP contribution >= 0.6 is 0 Å². The molecule has 1 aliphatic rings. The summed E-state index contributed by atoms with van der Waals surface area (Å²) in [6.07, 6.45) is 2.78. The monoisotopic (exact) mass is 315 g/mol. The van der Waals surface area contributed by atoms with Gasteiger partial charge in [-0.25, -0.2) is 9.59 Å². The number of amides is 3. The zero-order valence-electron chi connectivity index (χ0n) is 12.6. The molecule has 1 aromatic heterocycles. The van der Waals surface area contributed by atoms with E-state index < -0.39 is 0 Å². The number of rotatable bonds is 4. The van der Waals surface area contributed by atoms with Gasteiger partial charge in [-0.1, -0.05) is 12.1 Å².